The van der Waals surface area contributed by atoms with E-state index in [4.69, 9.17) is 4.11 Å². The molecule has 3 rings (SSSR count). The molecule has 0 saturated heterocycles. The Balaban J connectivity index is 2.52. The van der Waals surface area contributed by atoms with E-state index in [1.54, 1.807) is 12.1 Å². The van der Waals surface area contributed by atoms with E-state index in [2.05, 4.69) is 0 Å². The average Bonchev–Trinajstić information content (AvgIpc) is 2.50. The first-order chi connectivity index (χ1) is 10.4. The van der Waals surface area contributed by atoms with E-state index < -0.39 is 0 Å². The fraction of sp³-hybridized carbons (Fsp3) is 0.167. The zero-order valence-corrected chi connectivity index (χ0v) is 11.4. The van der Waals surface area contributed by atoms with Crippen molar-refractivity contribution in [2.24, 2.45) is 7.05 Å². The summed E-state index contributed by atoms with van der Waals surface area (Å²) < 4.78 is 26.3. The number of pyridine rings is 1. The highest BCUT2D eigenvalue weighted by molar-refractivity contribution is 5.93. The number of aromatic nitrogens is 1. The van der Waals surface area contributed by atoms with Crippen molar-refractivity contribution in [1.29, 1.82) is 0 Å². The van der Waals surface area contributed by atoms with Crippen molar-refractivity contribution in [1.82, 2.24) is 0 Å². The molecule has 0 atom stereocenters. The van der Waals surface area contributed by atoms with Gasteiger partial charge in [-0.2, -0.15) is 4.57 Å². The second-order valence-electron chi connectivity index (χ2n) is 4.80. The van der Waals surface area contributed by atoms with Gasteiger partial charge in [-0.25, -0.2) is 0 Å². The summed E-state index contributed by atoms with van der Waals surface area (Å²) in [5.41, 5.74) is 3.58. The Morgan fingerprint density at radius 1 is 1.05 bits per heavy atom. The van der Waals surface area contributed by atoms with Crippen LogP contribution in [0.5, 0.6) is 0 Å². The van der Waals surface area contributed by atoms with Gasteiger partial charge in [-0.05, 0) is 30.0 Å². The van der Waals surface area contributed by atoms with Crippen LogP contribution in [0.4, 0.5) is 0 Å². The molecule has 0 saturated carbocycles. The van der Waals surface area contributed by atoms with Crippen LogP contribution in [0, 0.1) is 13.8 Å². The van der Waals surface area contributed by atoms with Crippen LogP contribution in [0.3, 0.4) is 0 Å². The van der Waals surface area contributed by atoms with Gasteiger partial charge in [0.05, 0.1) is 9.50 Å². The smallest absolute Gasteiger partial charge is 0.198 e. The van der Waals surface area contributed by atoms with Gasteiger partial charge < -0.3 is 0 Å². The molecule has 0 radical (unpaired) electrons. The molecule has 0 aliphatic rings. The highest BCUT2D eigenvalue weighted by Crippen LogP contribution is 2.28. The Morgan fingerprint density at radius 2 is 1.84 bits per heavy atom. The van der Waals surface area contributed by atoms with Crippen LogP contribution < -0.4 is 4.57 Å². The topological polar surface area (TPSA) is 3.88 Å². The van der Waals surface area contributed by atoms with E-state index in [9.17, 15) is 0 Å². The first-order valence-corrected chi connectivity index (χ1v) is 6.38. The number of nitrogens with zero attached hydrogens (tertiary/aromatic N) is 1. The number of hydrogen-bond acceptors (Lipinski definition) is 0. The Labute approximate surface area is 118 Å². The maximum atomic E-state index is 8.33. The monoisotopic (exact) mass is 251 g/mol. The van der Waals surface area contributed by atoms with E-state index in [0.29, 0.717) is 18.1 Å². The highest BCUT2D eigenvalue weighted by atomic mass is 14.9. The highest BCUT2D eigenvalue weighted by Gasteiger charge is 2.18. The molecule has 0 aliphatic heterocycles. The van der Waals surface area contributed by atoms with E-state index in [1.165, 1.54) is 0 Å². The third-order valence-electron chi connectivity index (χ3n) is 3.60. The Bertz CT molecular complexity index is 901. The van der Waals surface area contributed by atoms with E-state index >= 15 is 0 Å². The normalized spacial score (nSPS) is 13.1. The standard InChI is InChI=1S/C18H18N/c1-13-8-4-6-10-16(13)18-17-11-7-5-9-15(17)12-14(2)19(18)3/h4-12H,1-3H3/q+1/i6D,8D,12D. The van der Waals surface area contributed by atoms with E-state index in [0.717, 1.165) is 33.3 Å². The molecule has 0 fully saturated rings. The molecule has 0 unspecified atom stereocenters. The Morgan fingerprint density at radius 3 is 2.68 bits per heavy atom. The van der Waals surface area contributed by atoms with Crippen LogP contribution in [0.1, 0.15) is 15.4 Å². The minimum atomic E-state index is 0.335. The Hall–Kier alpha value is -2.15. The van der Waals surface area contributed by atoms with Gasteiger partial charge in [0, 0.05) is 18.5 Å². The van der Waals surface area contributed by atoms with Crippen molar-refractivity contribution in [2.45, 2.75) is 13.8 Å². The van der Waals surface area contributed by atoms with E-state index in [-0.39, 0.29) is 0 Å². The molecule has 1 nitrogen and oxygen atoms in total. The van der Waals surface area contributed by atoms with Crippen molar-refractivity contribution in [3.8, 4) is 11.3 Å². The molecule has 0 aliphatic carbocycles. The van der Waals surface area contributed by atoms with Gasteiger partial charge in [0.15, 0.2) is 5.69 Å². The molecular formula is C18H18N+. The van der Waals surface area contributed by atoms with Crippen LogP contribution in [-0.4, -0.2) is 0 Å². The van der Waals surface area contributed by atoms with Gasteiger partial charge in [-0.1, -0.05) is 36.4 Å². The number of benzene rings is 2. The summed E-state index contributed by atoms with van der Waals surface area (Å²) in [6.07, 6.45) is 0. The second-order valence-corrected chi connectivity index (χ2v) is 4.80. The van der Waals surface area contributed by atoms with Gasteiger partial charge >= 0.3 is 0 Å². The maximum absolute atomic E-state index is 8.33. The van der Waals surface area contributed by atoms with Crippen LogP contribution in [0.25, 0.3) is 22.0 Å². The maximum Gasteiger partial charge on any atom is 0.220 e. The lowest BCUT2D eigenvalue weighted by Crippen LogP contribution is -2.35. The molecule has 1 heteroatoms. The van der Waals surface area contributed by atoms with Gasteiger partial charge in [0.25, 0.3) is 0 Å². The quantitative estimate of drug-likeness (QED) is 0.577. The van der Waals surface area contributed by atoms with Crippen LogP contribution in [0.15, 0.2) is 54.5 Å². The van der Waals surface area contributed by atoms with Crippen LogP contribution >= 0.6 is 0 Å². The molecular weight excluding hydrogens is 230 g/mol. The second kappa shape index (κ2) is 4.51. The lowest BCUT2D eigenvalue weighted by Gasteiger charge is -2.09. The SMILES string of the molecule is [2H]c1cc([2H])c(C)c(-c2c3ccccc3c([2H])c(C)[n+]2C)c1. The third-order valence-corrected chi connectivity index (χ3v) is 3.60. The molecule has 3 aromatic rings. The fourth-order valence-electron chi connectivity index (χ4n) is 2.46. The lowest BCUT2D eigenvalue weighted by atomic mass is 9.99. The van der Waals surface area contributed by atoms with Gasteiger partial charge in [-0.3, -0.25) is 0 Å². The summed E-state index contributed by atoms with van der Waals surface area (Å²) in [4.78, 5) is 0. The molecule has 2 aromatic carbocycles. The minimum absolute atomic E-state index is 0.335. The third kappa shape index (κ3) is 1.91. The summed E-state index contributed by atoms with van der Waals surface area (Å²) in [5.74, 6) is 0. The first-order valence-electron chi connectivity index (χ1n) is 7.88. The summed E-state index contributed by atoms with van der Waals surface area (Å²) >= 11 is 0. The summed E-state index contributed by atoms with van der Waals surface area (Å²) in [6, 6.07) is 12.5. The molecule has 0 bridgehead atoms. The minimum Gasteiger partial charge on any atom is -0.198 e. The molecule has 1 aromatic heterocycles. The van der Waals surface area contributed by atoms with Crippen molar-refractivity contribution >= 4 is 10.8 Å². The molecule has 19 heavy (non-hydrogen) atoms. The summed E-state index contributed by atoms with van der Waals surface area (Å²) in [6.45, 7) is 3.84. The van der Waals surface area contributed by atoms with Gasteiger partial charge in [0.2, 0.25) is 5.69 Å². The van der Waals surface area contributed by atoms with Gasteiger partial charge in [0.1, 0.15) is 7.05 Å². The van der Waals surface area contributed by atoms with Crippen molar-refractivity contribution in [3.63, 3.8) is 0 Å². The number of rotatable bonds is 1. The molecule has 0 amide bonds. The van der Waals surface area contributed by atoms with E-state index in [1.807, 2.05) is 49.7 Å². The fourth-order valence-corrected chi connectivity index (χ4v) is 2.46. The average molecular weight is 251 g/mol. The van der Waals surface area contributed by atoms with Crippen molar-refractivity contribution in [2.75, 3.05) is 0 Å². The molecule has 94 valence electrons. The lowest BCUT2D eigenvalue weighted by molar-refractivity contribution is -0.665. The molecule has 1 heterocycles. The number of fused-ring (bicyclic) bond motifs is 1. The zero-order chi connectivity index (χ0) is 16.0. The van der Waals surface area contributed by atoms with Gasteiger partial charge in [-0.15, -0.1) is 0 Å². The van der Waals surface area contributed by atoms with Crippen molar-refractivity contribution in [3.05, 3.63) is 65.8 Å². The molecule has 0 spiro atoms. The van der Waals surface area contributed by atoms with Crippen LogP contribution in [-0.2, 0) is 7.05 Å². The predicted octanol–water partition coefficient (Wildman–Crippen LogP) is 3.95. The summed E-state index contributed by atoms with van der Waals surface area (Å²) in [5, 5.41) is 1.88. The Kier molecular flexibility index (Phi) is 2.10. The zero-order valence-electron chi connectivity index (χ0n) is 14.4. The summed E-state index contributed by atoms with van der Waals surface area (Å²) in [7, 11) is 1.94. The first kappa shape index (κ1) is 8.87. The molecule has 0 N–H and O–H groups in total. The predicted molar refractivity (Wildman–Crippen MR) is 80.0 cm³/mol. The van der Waals surface area contributed by atoms with Crippen LogP contribution in [0.2, 0.25) is 0 Å². The largest absolute Gasteiger partial charge is 0.220 e. The number of hydrogen-bond donors (Lipinski definition) is 0. The van der Waals surface area contributed by atoms with Crippen molar-refractivity contribution < 1.29 is 8.68 Å².